The molecule has 1 unspecified atom stereocenters. The van der Waals surface area contributed by atoms with Crippen LogP contribution in [0.25, 0.3) is 0 Å². The average molecular weight is 478 g/mol. The van der Waals surface area contributed by atoms with Gasteiger partial charge in [0.25, 0.3) is 0 Å². The molecule has 1 aromatic rings. The number of nitrogens with zero attached hydrogens (tertiary/aromatic N) is 5. The molecular formula is C18H35IN6O. The number of rotatable bonds is 8. The number of hydrogen-bond acceptors (Lipinski definition) is 4. The van der Waals surface area contributed by atoms with E-state index in [0.29, 0.717) is 6.61 Å². The second kappa shape index (κ2) is 12.5. The molecule has 1 N–H and O–H groups in total. The summed E-state index contributed by atoms with van der Waals surface area (Å²) in [5.41, 5.74) is 1.13. The van der Waals surface area contributed by atoms with E-state index in [1.165, 1.54) is 0 Å². The van der Waals surface area contributed by atoms with E-state index in [0.717, 1.165) is 63.8 Å². The second-order valence-electron chi connectivity index (χ2n) is 6.37. The lowest BCUT2D eigenvalue weighted by molar-refractivity contribution is -0.00804. The average Bonchev–Trinajstić information content (AvgIpc) is 3.07. The van der Waals surface area contributed by atoms with Gasteiger partial charge in [-0.05, 0) is 33.0 Å². The quantitative estimate of drug-likeness (QED) is 0.269. The zero-order valence-electron chi connectivity index (χ0n) is 16.6. The molecule has 0 spiro atoms. The molecule has 0 amide bonds. The Morgan fingerprint density at radius 3 is 2.77 bits per heavy atom. The first-order valence-electron chi connectivity index (χ1n) is 9.53. The van der Waals surface area contributed by atoms with Crippen LogP contribution in [0.5, 0.6) is 0 Å². The van der Waals surface area contributed by atoms with Gasteiger partial charge in [-0.25, -0.2) is 0 Å². The minimum Gasteiger partial charge on any atom is -0.370 e. The zero-order valence-corrected chi connectivity index (χ0v) is 19.0. The van der Waals surface area contributed by atoms with Crippen LogP contribution in [0, 0.1) is 0 Å². The van der Waals surface area contributed by atoms with Crippen molar-refractivity contribution in [3.63, 3.8) is 0 Å². The SMILES string of the molecule is CCNC(=NCCCN(CC)CC)N1CCOC(c2cnn(C)c2)C1.I. The van der Waals surface area contributed by atoms with Crippen molar-refractivity contribution >= 4 is 29.9 Å². The van der Waals surface area contributed by atoms with Crippen LogP contribution in [0.1, 0.15) is 38.9 Å². The molecule has 0 radical (unpaired) electrons. The first kappa shape index (κ1) is 23.2. The molecule has 0 bridgehead atoms. The number of ether oxygens (including phenoxy) is 1. The predicted molar refractivity (Wildman–Crippen MR) is 117 cm³/mol. The smallest absolute Gasteiger partial charge is 0.194 e. The molecule has 1 aromatic heterocycles. The Kier molecular flexibility index (Phi) is 11.1. The standard InChI is InChI=1S/C18H34N6O.HI/c1-5-19-18(20-9-8-10-23(6-2)7-3)24-11-12-25-17(15-24)16-13-21-22(4)14-16;/h13-14,17H,5-12,15H2,1-4H3,(H,19,20);1H. The Labute approximate surface area is 175 Å². The number of morpholine rings is 1. The van der Waals surface area contributed by atoms with Crippen LogP contribution in [0.3, 0.4) is 0 Å². The maximum atomic E-state index is 5.94. The van der Waals surface area contributed by atoms with Crippen molar-refractivity contribution in [2.24, 2.45) is 12.0 Å². The molecule has 0 saturated carbocycles. The molecule has 2 heterocycles. The van der Waals surface area contributed by atoms with Gasteiger partial charge >= 0.3 is 0 Å². The largest absolute Gasteiger partial charge is 0.370 e. The summed E-state index contributed by atoms with van der Waals surface area (Å²) >= 11 is 0. The third-order valence-electron chi connectivity index (χ3n) is 4.59. The Hall–Kier alpha value is -0.870. The lowest BCUT2D eigenvalue weighted by atomic mass is 10.1. The van der Waals surface area contributed by atoms with E-state index in [-0.39, 0.29) is 30.1 Å². The number of aromatic nitrogens is 2. The summed E-state index contributed by atoms with van der Waals surface area (Å²) in [6.07, 6.45) is 5.07. The van der Waals surface area contributed by atoms with Gasteiger partial charge in [0.2, 0.25) is 0 Å². The summed E-state index contributed by atoms with van der Waals surface area (Å²) in [4.78, 5) is 9.59. The Morgan fingerprint density at radius 1 is 1.38 bits per heavy atom. The number of aliphatic imine (C=N–C) groups is 1. The second-order valence-corrected chi connectivity index (χ2v) is 6.37. The minimum absolute atomic E-state index is 0. The molecule has 150 valence electrons. The number of guanidine groups is 1. The van der Waals surface area contributed by atoms with E-state index in [1.807, 2.05) is 24.1 Å². The molecule has 2 rings (SSSR count). The van der Waals surface area contributed by atoms with E-state index in [1.54, 1.807) is 0 Å². The van der Waals surface area contributed by atoms with Crippen molar-refractivity contribution in [3.05, 3.63) is 18.0 Å². The third-order valence-corrected chi connectivity index (χ3v) is 4.59. The summed E-state index contributed by atoms with van der Waals surface area (Å²) in [5, 5.41) is 7.69. The van der Waals surface area contributed by atoms with Gasteiger partial charge in [0.05, 0.1) is 19.3 Å². The molecule has 0 aliphatic carbocycles. The van der Waals surface area contributed by atoms with Crippen LogP contribution in [-0.2, 0) is 11.8 Å². The van der Waals surface area contributed by atoms with Gasteiger partial charge < -0.3 is 19.9 Å². The predicted octanol–water partition coefficient (Wildman–Crippen LogP) is 2.11. The van der Waals surface area contributed by atoms with Gasteiger partial charge in [0.1, 0.15) is 6.10 Å². The van der Waals surface area contributed by atoms with Crippen LogP contribution < -0.4 is 5.32 Å². The maximum absolute atomic E-state index is 5.94. The van der Waals surface area contributed by atoms with Crippen molar-refractivity contribution in [1.29, 1.82) is 0 Å². The zero-order chi connectivity index (χ0) is 18.1. The topological polar surface area (TPSA) is 57.9 Å². The minimum atomic E-state index is 0. The van der Waals surface area contributed by atoms with Crippen LogP contribution in [0.2, 0.25) is 0 Å². The molecule has 7 nitrogen and oxygen atoms in total. The molecule has 1 aliphatic rings. The van der Waals surface area contributed by atoms with E-state index in [9.17, 15) is 0 Å². The van der Waals surface area contributed by atoms with E-state index >= 15 is 0 Å². The number of nitrogens with one attached hydrogen (secondary N) is 1. The van der Waals surface area contributed by atoms with Gasteiger partial charge in [0.15, 0.2) is 5.96 Å². The molecular weight excluding hydrogens is 443 g/mol. The van der Waals surface area contributed by atoms with Crippen LogP contribution >= 0.6 is 24.0 Å². The highest BCUT2D eigenvalue weighted by Gasteiger charge is 2.25. The number of hydrogen-bond donors (Lipinski definition) is 1. The lowest BCUT2D eigenvalue weighted by Crippen LogP contribution is -2.48. The van der Waals surface area contributed by atoms with Gasteiger partial charge in [-0.3, -0.25) is 9.67 Å². The summed E-state index contributed by atoms with van der Waals surface area (Å²) in [6, 6.07) is 0. The highest BCUT2D eigenvalue weighted by atomic mass is 127. The summed E-state index contributed by atoms with van der Waals surface area (Å²) in [5.74, 6) is 0.999. The highest BCUT2D eigenvalue weighted by molar-refractivity contribution is 14.0. The first-order valence-corrected chi connectivity index (χ1v) is 9.53. The summed E-state index contributed by atoms with van der Waals surface area (Å²) in [7, 11) is 1.94. The Morgan fingerprint density at radius 2 is 2.15 bits per heavy atom. The number of aryl methyl sites for hydroxylation is 1. The highest BCUT2D eigenvalue weighted by Crippen LogP contribution is 2.21. The van der Waals surface area contributed by atoms with Gasteiger partial charge in [-0.15, -0.1) is 24.0 Å². The van der Waals surface area contributed by atoms with E-state index in [4.69, 9.17) is 9.73 Å². The van der Waals surface area contributed by atoms with Crippen molar-refractivity contribution in [3.8, 4) is 0 Å². The molecule has 1 atom stereocenters. The normalized spacial score (nSPS) is 18.1. The molecule has 1 aliphatic heterocycles. The van der Waals surface area contributed by atoms with Crippen molar-refractivity contribution < 1.29 is 4.74 Å². The summed E-state index contributed by atoms with van der Waals surface area (Å²) in [6.45, 7) is 14.0. The lowest BCUT2D eigenvalue weighted by Gasteiger charge is -2.34. The van der Waals surface area contributed by atoms with Gasteiger partial charge in [-0.2, -0.15) is 5.10 Å². The van der Waals surface area contributed by atoms with Crippen molar-refractivity contribution in [2.75, 3.05) is 52.4 Å². The Bertz CT molecular complexity index is 532. The van der Waals surface area contributed by atoms with Crippen molar-refractivity contribution in [2.45, 2.75) is 33.3 Å². The molecule has 8 heteroatoms. The maximum Gasteiger partial charge on any atom is 0.194 e. The van der Waals surface area contributed by atoms with Crippen LogP contribution in [-0.4, -0.2) is 78.0 Å². The summed E-state index contributed by atoms with van der Waals surface area (Å²) < 4.78 is 7.76. The van der Waals surface area contributed by atoms with Crippen molar-refractivity contribution in [1.82, 2.24) is 24.9 Å². The number of halogens is 1. The fourth-order valence-electron chi connectivity index (χ4n) is 3.09. The van der Waals surface area contributed by atoms with E-state index in [2.05, 4.69) is 41.0 Å². The fourth-order valence-corrected chi connectivity index (χ4v) is 3.09. The molecule has 0 aromatic carbocycles. The Balaban J connectivity index is 0.00000338. The first-order chi connectivity index (χ1) is 12.2. The van der Waals surface area contributed by atoms with E-state index < -0.39 is 0 Å². The molecule has 1 saturated heterocycles. The van der Waals surface area contributed by atoms with Crippen LogP contribution in [0.15, 0.2) is 17.4 Å². The molecule has 1 fully saturated rings. The van der Waals surface area contributed by atoms with Gasteiger partial charge in [0, 0.05) is 38.4 Å². The van der Waals surface area contributed by atoms with Crippen LogP contribution in [0.4, 0.5) is 0 Å². The molecule has 26 heavy (non-hydrogen) atoms. The van der Waals surface area contributed by atoms with Gasteiger partial charge in [-0.1, -0.05) is 13.8 Å². The third kappa shape index (κ3) is 7.03. The monoisotopic (exact) mass is 478 g/mol. The fraction of sp³-hybridized carbons (Fsp3) is 0.778.